The Morgan fingerprint density at radius 3 is 2.61 bits per heavy atom. The Hall–Kier alpha value is -1.60. The van der Waals surface area contributed by atoms with Gasteiger partial charge in [-0.05, 0) is 13.0 Å². The van der Waals surface area contributed by atoms with Crippen LogP contribution in [0.2, 0.25) is 0 Å². The third-order valence-electron chi connectivity index (χ3n) is 4.03. The molecule has 7 heteroatoms. The molecular weight excluding hydrogens is 310 g/mol. The van der Waals surface area contributed by atoms with E-state index in [-0.39, 0.29) is 11.0 Å². The summed E-state index contributed by atoms with van der Waals surface area (Å²) in [6.07, 6.45) is 0. The molecule has 0 saturated carbocycles. The first-order valence-electron chi connectivity index (χ1n) is 7.91. The molecule has 2 aromatic rings. The summed E-state index contributed by atoms with van der Waals surface area (Å²) in [5, 5.41) is 14.8. The van der Waals surface area contributed by atoms with Gasteiger partial charge in [-0.2, -0.15) is 5.10 Å². The summed E-state index contributed by atoms with van der Waals surface area (Å²) >= 11 is 1.65. The summed E-state index contributed by atoms with van der Waals surface area (Å²) in [6, 6.07) is 3.47. The van der Waals surface area contributed by atoms with Crippen molar-refractivity contribution >= 4 is 11.3 Å². The van der Waals surface area contributed by atoms with Gasteiger partial charge in [-0.1, -0.05) is 20.8 Å². The Balaban J connectivity index is 1.58. The normalized spacial score (nSPS) is 16.5. The number of nitrogens with zero attached hydrogens (tertiary/aromatic N) is 5. The highest BCUT2D eigenvalue weighted by atomic mass is 32.1. The fraction of sp³-hybridized carbons (Fsp3) is 0.625. The van der Waals surface area contributed by atoms with Crippen LogP contribution >= 0.6 is 11.3 Å². The largest absolute Gasteiger partial charge is 0.296 e. The van der Waals surface area contributed by atoms with E-state index in [2.05, 4.69) is 41.0 Å². The zero-order valence-corrected chi connectivity index (χ0v) is 14.9. The second-order valence-corrected chi connectivity index (χ2v) is 8.53. The van der Waals surface area contributed by atoms with Crippen LogP contribution in [0, 0.1) is 12.8 Å². The first-order valence-corrected chi connectivity index (χ1v) is 8.73. The van der Waals surface area contributed by atoms with Crippen molar-refractivity contribution in [2.45, 2.75) is 46.2 Å². The molecule has 0 spiro atoms. The van der Waals surface area contributed by atoms with Gasteiger partial charge in [0.05, 0.1) is 18.8 Å². The predicted octanol–water partition coefficient (Wildman–Crippen LogP) is 1.83. The van der Waals surface area contributed by atoms with Gasteiger partial charge in [0.25, 0.3) is 5.56 Å². The van der Waals surface area contributed by atoms with Crippen LogP contribution in [-0.2, 0) is 18.5 Å². The molecule has 6 nitrogen and oxygen atoms in total. The van der Waals surface area contributed by atoms with Crippen LogP contribution in [-0.4, -0.2) is 38.0 Å². The molecule has 3 heterocycles. The fourth-order valence-electron chi connectivity index (χ4n) is 2.74. The molecule has 1 fully saturated rings. The van der Waals surface area contributed by atoms with E-state index in [1.165, 1.54) is 0 Å². The van der Waals surface area contributed by atoms with E-state index in [4.69, 9.17) is 0 Å². The SMILES string of the molecule is Cc1nnc(CN2CC(Cn3nc(C(C)(C)C)ccc3=O)C2)s1. The van der Waals surface area contributed by atoms with Gasteiger partial charge in [0.2, 0.25) is 0 Å². The van der Waals surface area contributed by atoms with Gasteiger partial charge in [-0.15, -0.1) is 21.5 Å². The van der Waals surface area contributed by atoms with Crippen LogP contribution in [0.1, 0.15) is 36.5 Å². The van der Waals surface area contributed by atoms with Crippen LogP contribution in [0.5, 0.6) is 0 Å². The molecule has 0 amide bonds. The number of hydrogen-bond donors (Lipinski definition) is 0. The van der Waals surface area contributed by atoms with E-state index in [0.717, 1.165) is 35.3 Å². The monoisotopic (exact) mass is 333 g/mol. The Kier molecular flexibility index (Phi) is 4.33. The summed E-state index contributed by atoms with van der Waals surface area (Å²) in [5.74, 6) is 0.476. The molecule has 0 N–H and O–H groups in total. The third-order valence-corrected chi connectivity index (χ3v) is 4.85. The van der Waals surface area contributed by atoms with Crippen molar-refractivity contribution in [3.05, 3.63) is 38.2 Å². The summed E-state index contributed by atoms with van der Waals surface area (Å²) < 4.78 is 1.62. The van der Waals surface area contributed by atoms with Gasteiger partial charge in [-0.3, -0.25) is 9.69 Å². The van der Waals surface area contributed by atoms with Gasteiger partial charge in [-0.25, -0.2) is 4.68 Å². The van der Waals surface area contributed by atoms with Gasteiger partial charge >= 0.3 is 0 Å². The molecule has 23 heavy (non-hydrogen) atoms. The van der Waals surface area contributed by atoms with Gasteiger partial charge in [0.15, 0.2) is 0 Å². The molecule has 0 aromatic carbocycles. The van der Waals surface area contributed by atoms with Gasteiger partial charge < -0.3 is 0 Å². The topological polar surface area (TPSA) is 63.9 Å². The lowest BCUT2D eigenvalue weighted by Crippen LogP contribution is -2.49. The minimum absolute atomic E-state index is 0.0174. The lowest BCUT2D eigenvalue weighted by molar-refractivity contribution is 0.0761. The molecular formula is C16H23N5OS. The summed E-state index contributed by atoms with van der Waals surface area (Å²) in [6.45, 7) is 11.8. The number of rotatable bonds is 4. The zero-order chi connectivity index (χ0) is 16.6. The van der Waals surface area contributed by atoms with Crippen LogP contribution in [0.25, 0.3) is 0 Å². The second kappa shape index (κ2) is 6.13. The first-order chi connectivity index (χ1) is 10.8. The van der Waals surface area contributed by atoms with Gasteiger partial charge in [0, 0.05) is 30.5 Å². The Labute approximate surface area is 140 Å². The highest BCUT2D eigenvalue weighted by Crippen LogP contribution is 2.22. The summed E-state index contributed by atoms with van der Waals surface area (Å²) in [4.78, 5) is 14.4. The van der Waals surface area contributed by atoms with E-state index in [1.54, 1.807) is 22.1 Å². The van der Waals surface area contributed by atoms with E-state index >= 15 is 0 Å². The standard InChI is InChI=1S/C16H23N5OS/c1-11-17-18-14(23-11)10-20-7-12(8-20)9-21-15(22)6-5-13(19-21)16(2,3)4/h5-6,12H,7-10H2,1-4H3. The lowest BCUT2D eigenvalue weighted by Gasteiger charge is -2.38. The first kappa shape index (κ1) is 16.3. The van der Waals surface area contributed by atoms with Crippen molar-refractivity contribution in [3.8, 4) is 0 Å². The quantitative estimate of drug-likeness (QED) is 0.854. The van der Waals surface area contributed by atoms with Crippen LogP contribution < -0.4 is 5.56 Å². The van der Waals surface area contributed by atoms with Crippen molar-refractivity contribution in [2.75, 3.05) is 13.1 Å². The van der Waals surface area contributed by atoms with E-state index in [1.807, 2.05) is 13.0 Å². The maximum absolute atomic E-state index is 12.0. The van der Waals surface area contributed by atoms with E-state index < -0.39 is 0 Å². The summed E-state index contributed by atoms with van der Waals surface area (Å²) in [7, 11) is 0. The molecule has 1 aliphatic heterocycles. The predicted molar refractivity (Wildman–Crippen MR) is 90.6 cm³/mol. The lowest BCUT2D eigenvalue weighted by atomic mass is 9.92. The maximum Gasteiger partial charge on any atom is 0.266 e. The molecule has 0 bridgehead atoms. The highest BCUT2D eigenvalue weighted by molar-refractivity contribution is 7.11. The summed E-state index contributed by atoms with van der Waals surface area (Å²) in [5.41, 5.74) is 0.894. The molecule has 2 aromatic heterocycles. The van der Waals surface area contributed by atoms with Crippen LogP contribution in [0.3, 0.4) is 0 Å². The van der Waals surface area contributed by atoms with Crippen LogP contribution in [0.15, 0.2) is 16.9 Å². The maximum atomic E-state index is 12.0. The zero-order valence-electron chi connectivity index (χ0n) is 14.1. The van der Waals surface area contributed by atoms with Crippen molar-refractivity contribution in [1.82, 2.24) is 24.9 Å². The number of aromatic nitrogens is 4. The average Bonchev–Trinajstić information content (AvgIpc) is 2.82. The van der Waals surface area contributed by atoms with Crippen molar-refractivity contribution in [2.24, 2.45) is 5.92 Å². The van der Waals surface area contributed by atoms with Crippen molar-refractivity contribution in [1.29, 1.82) is 0 Å². The molecule has 0 atom stereocenters. The fourth-order valence-corrected chi connectivity index (χ4v) is 3.49. The molecule has 0 unspecified atom stereocenters. The highest BCUT2D eigenvalue weighted by Gasteiger charge is 2.28. The number of likely N-dealkylation sites (tertiary alicyclic amines) is 1. The van der Waals surface area contributed by atoms with Crippen molar-refractivity contribution in [3.63, 3.8) is 0 Å². The Morgan fingerprint density at radius 1 is 1.26 bits per heavy atom. The Bertz CT molecular complexity index is 739. The Morgan fingerprint density at radius 2 is 2.00 bits per heavy atom. The molecule has 124 valence electrons. The van der Waals surface area contributed by atoms with E-state index in [0.29, 0.717) is 12.5 Å². The number of hydrogen-bond acceptors (Lipinski definition) is 6. The van der Waals surface area contributed by atoms with Gasteiger partial charge in [0.1, 0.15) is 10.0 Å². The minimum Gasteiger partial charge on any atom is -0.296 e. The van der Waals surface area contributed by atoms with Crippen LogP contribution in [0.4, 0.5) is 0 Å². The number of aryl methyl sites for hydroxylation is 1. The molecule has 0 radical (unpaired) electrons. The smallest absolute Gasteiger partial charge is 0.266 e. The third kappa shape index (κ3) is 3.84. The second-order valence-electron chi connectivity index (χ2n) is 7.26. The minimum atomic E-state index is -0.0448. The average molecular weight is 333 g/mol. The molecule has 0 aliphatic carbocycles. The van der Waals surface area contributed by atoms with E-state index in [9.17, 15) is 4.79 Å². The molecule has 1 aliphatic rings. The molecule has 3 rings (SSSR count). The van der Waals surface area contributed by atoms with Crippen molar-refractivity contribution < 1.29 is 0 Å². The molecule has 1 saturated heterocycles.